The molecule has 0 spiro atoms. The van der Waals surface area contributed by atoms with Crippen molar-refractivity contribution in [3.05, 3.63) is 81.1 Å². The molecular weight excluding hydrogens is 357 g/mol. The second-order valence-electron chi connectivity index (χ2n) is 6.30. The molecule has 4 nitrogen and oxygen atoms in total. The highest BCUT2D eigenvalue weighted by molar-refractivity contribution is 5.94. The highest BCUT2D eigenvalue weighted by Crippen LogP contribution is 2.29. The lowest BCUT2D eigenvalue weighted by Gasteiger charge is -2.09. The standard InChI is InChI=1S/C20H17F3N2O2/c1-12-5-6-13-10-15(19(27)25-17(13)9-12)7-8-24-18(26)14-3-2-4-16(11-14)20(21,22)23/h2-6,9-11H,7-8H2,1H3,(H,24,26)(H,25,27). The zero-order valence-electron chi connectivity index (χ0n) is 14.5. The maximum Gasteiger partial charge on any atom is 0.416 e. The van der Waals surface area contributed by atoms with E-state index in [-0.39, 0.29) is 24.1 Å². The van der Waals surface area contributed by atoms with E-state index in [2.05, 4.69) is 10.3 Å². The van der Waals surface area contributed by atoms with E-state index >= 15 is 0 Å². The summed E-state index contributed by atoms with van der Waals surface area (Å²) in [5, 5.41) is 3.43. The summed E-state index contributed by atoms with van der Waals surface area (Å²) in [5.74, 6) is -0.617. The Balaban J connectivity index is 1.69. The van der Waals surface area contributed by atoms with Gasteiger partial charge in [-0.2, -0.15) is 13.2 Å². The largest absolute Gasteiger partial charge is 0.416 e. The summed E-state index contributed by atoms with van der Waals surface area (Å²) in [6.45, 7) is 2.06. The Morgan fingerprint density at radius 3 is 2.63 bits per heavy atom. The molecule has 2 aromatic carbocycles. The molecule has 27 heavy (non-hydrogen) atoms. The average Bonchev–Trinajstić information content (AvgIpc) is 2.61. The normalized spacial score (nSPS) is 11.6. The van der Waals surface area contributed by atoms with E-state index in [1.165, 1.54) is 12.1 Å². The molecule has 7 heteroatoms. The van der Waals surface area contributed by atoms with Crippen molar-refractivity contribution >= 4 is 16.8 Å². The van der Waals surface area contributed by atoms with Crippen LogP contribution in [0.25, 0.3) is 10.9 Å². The van der Waals surface area contributed by atoms with E-state index in [0.717, 1.165) is 28.6 Å². The molecule has 1 heterocycles. The second-order valence-corrected chi connectivity index (χ2v) is 6.30. The number of amides is 1. The van der Waals surface area contributed by atoms with Crippen molar-refractivity contribution in [1.82, 2.24) is 10.3 Å². The highest BCUT2D eigenvalue weighted by Gasteiger charge is 2.30. The number of fused-ring (bicyclic) bond motifs is 1. The number of hydrogen-bond donors (Lipinski definition) is 2. The molecule has 1 aromatic heterocycles. The summed E-state index contributed by atoms with van der Waals surface area (Å²) in [7, 11) is 0. The van der Waals surface area contributed by atoms with Gasteiger partial charge >= 0.3 is 6.18 Å². The highest BCUT2D eigenvalue weighted by atomic mass is 19.4. The van der Waals surface area contributed by atoms with Gasteiger partial charge in [0.05, 0.1) is 5.56 Å². The van der Waals surface area contributed by atoms with E-state index in [4.69, 9.17) is 0 Å². The van der Waals surface area contributed by atoms with Gasteiger partial charge < -0.3 is 10.3 Å². The van der Waals surface area contributed by atoms with Crippen molar-refractivity contribution in [1.29, 1.82) is 0 Å². The number of benzene rings is 2. The van der Waals surface area contributed by atoms with Crippen LogP contribution in [0, 0.1) is 6.92 Å². The number of carbonyl (C=O) groups is 1. The van der Waals surface area contributed by atoms with Gasteiger partial charge in [0.25, 0.3) is 11.5 Å². The molecule has 0 aliphatic rings. The third-order valence-corrected chi connectivity index (χ3v) is 4.21. The summed E-state index contributed by atoms with van der Waals surface area (Å²) in [6.07, 6.45) is -4.24. The van der Waals surface area contributed by atoms with Crippen LogP contribution in [0.5, 0.6) is 0 Å². The van der Waals surface area contributed by atoms with Crippen LogP contribution in [0.15, 0.2) is 53.3 Å². The number of pyridine rings is 1. The number of aromatic amines is 1. The van der Waals surface area contributed by atoms with Gasteiger partial charge in [-0.1, -0.05) is 18.2 Å². The Bertz CT molecular complexity index is 1060. The fourth-order valence-corrected chi connectivity index (χ4v) is 2.80. The fourth-order valence-electron chi connectivity index (χ4n) is 2.80. The Morgan fingerprint density at radius 1 is 1.11 bits per heavy atom. The lowest BCUT2D eigenvalue weighted by atomic mass is 10.1. The average molecular weight is 374 g/mol. The van der Waals surface area contributed by atoms with Crippen molar-refractivity contribution in [3.63, 3.8) is 0 Å². The maximum absolute atomic E-state index is 12.7. The van der Waals surface area contributed by atoms with Crippen molar-refractivity contribution in [3.8, 4) is 0 Å². The van der Waals surface area contributed by atoms with Gasteiger partial charge in [-0.15, -0.1) is 0 Å². The number of H-pyrrole nitrogens is 1. The lowest BCUT2D eigenvalue weighted by Crippen LogP contribution is -2.27. The van der Waals surface area contributed by atoms with Crippen LogP contribution in [-0.2, 0) is 12.6 Å². The molecule has 0 saturated heterocycles. The molecule has 140 valence electrons. The molecule has 0 saturated carbocycles. The van der Waals surface area contributed by atoms with Crippen LogP contribution in [0.2, 0.25) is 0 Å². The lowest BCUT2D eigenvalue weighted by molar-refractivity contribution is -0.137. The van der Waals surface area contributed by atoms with Crippen molar-refractivity contribution in [2.75, 3.05) is 6.54 Å². The van der Waals surface area contributed by atoms with Gasteiger partial charge in [-0.25, -0.2) is 0 Å². The van der Waals surface area contributed by atoms with Crippen molar-refractivity contribution in [2.24, 2.45) is 0 Å². The van der Waals surface area contributed by atoms with Crippen molar-refractivity contribution < 1.29 is 18.0 Å². The Morgan fingerprint density at radius 2 is 1.89 bits per heavy atom. The molecule has 0 radical (unpaired) electrons. The monoisotopic (exact) mass is 374 g/mol. The molecule has 0 fully saturated rings. The SMILES string of the molecule is Cc1ccc2cc(CCNC(=O)c3cccc(C(F)(F)F)c3)c(=O)[nH]c2c1. The minimum atomic E-state index is -4.51. The third-order valence-electron chi connectivity index (χ3n) is 4.21. The smallest absolute Gasteiger partial charge is 0.352 e. The van der Waals surface area contributed by atoms with Crippen LogP contribution < -0.4 is 10.9 Å². The van der Waals surface area contributed by atoms with Crippen LogP contribution >= 0.6 is 0 Å². The Kier molecular flexibility index (Phi) is 5.03. The fraction of sp³-hybridized carbons (Fsp3) is 0.200. The molecule has 3 aromatic rings. The number of aryl methyl sites for hydroxylation is 1. The van der Waals surface area contributed by atoms with Gasteiger partial charge in [0.1, 0.15) is 0 Å². The minimum absolute atomic E-state index is 0.0762. The van der Waals surface area contributed by atoms with Gasteiger partial charge in [-0.3, -0.25) is 9.59 Å². The first-order valence-corrected chi connectivity index (χ1v) is 8.32. The zero-order valence-corrected chi connectivity index (χ0v) is 14.5. The number of aromatic nitrogens is 1. The quantitative estimate of drug-likeness (QED) is 0.729. The van der Waals surface area contributed by atoms with Crippen LogP contribution in [0.1, 0.15) is 27.0 Å². The first kappa shape index (κ1) is 18.7. The molecular formula is C20H17F3N2O2. The molecule has 2 N–H and O–H groups in total. The van der Waals surface area contributed by atoms with Crippen LogP contribution in [0.3, 0.4) is 0 Å². The Hall–Kier alpha value is -3.09. The number of carbonyl (C=O) groups excluding carboxylic acids is 1. The first-order valence-electron chi connectivity index (χ1n) is 8.32. The second kappa shape index (κ2) is 7.26. The summed E-state index contributed by atoms with van der Waals surface area (Å²) in [4.78, 5) is 27.0. The van der Waals surface area contributed by atoms with Gasteiger partial charge in [0.2, 0.25) is 0 Å². The number of alkyl halides is 3. The predicted molar refractivity (Wildman–Crippen MR) is 96.8 cm³/mol. The molecule has 0 atom stereocenters. The summed E-state index contributed by atoms with van der Waals surface area (Å²) in [6, 6.07) is 11.7. The van der Waals surface area contributed by atoms with Gasteiger partial charge in [0.15, 0.2) is 0 Å². The number of rotatable bonds is 4. The first-order chi connectivity index (χ1) is 12.7. The van der Waals surface area contributed by atoms with Crippen LogP contribution in [0.4, 0.5) is 13.2 Å². The zero-order chi connectivity index (χ0) is 19.6. The summed E-state index contributed by atoms with van der Waals surface area (Å²) < 4.78 is 38.2. The molecule has 0 bridgehead atoms. The number of hydrogen-bond acceptors (Lipinski definition) is 2. The molecule has 1 amide bonds. The Labute approximate surface area is 153 Å². The number of halogens is 3. The topological polar surface area (TPSA) is 62.0 Å². The maximum atomic E-state index is 12.7. The van der Waals surface area contributed by atoms with Gasteiger partial charge in [-0.05, 0) is 54.6 Å². The minimum Gasteiger partial charge on any atom is -0.352 e. The van der Waals surface area contributed by atoms with E-state index < -0.39 is 17.6 Å². The third kappa shape index (κ3) is 4.36. The molecule has 0 aliphatic carbocycles. The summed E-state index contributed by atoms with van der Waals surface area (Å²) >= 11 is 0. The molecule has 3 rings (SSSR count). The van der Waals surface area contributed by atoms with Crippen molar-refractivity contribution in [2.45, 2.75) is 19.5 Å². The van der Waals surface area contributed by atoms with Gasteiger partial charge in [0, 0.05) is 23.2 Å². The van der Waals surface area contributed by atoms with E-state index in [1.54, 1.807) is 6.07 Å². The predicted octanol–water partition coefficient (Wildman–Crippen LogP) is 3.83. The van der Waals surface area contributed by atoms with E-state index in [9.17, 15) is 22.8 Å². The number of nitrogens with one attached hydrogen (secondary N) is 2. The van der Waals surface area contributed by atoms with Crippen LogP contribution in [-0.4, -0.2) is 17.4 Å². The molecule has 0 unspecified atom stereocenters. The molecule has 0 aliphatic heterocycles. The van der Waals surface area contributed by atoms with E-state index in [1.807, 2.05) is 25.1 Å². The van der Waals surface area contributed by atoms with E-state index in [0.29, 0.717) is 5.56 Å². The summed E-state index contributed by atoms with van der Waals surface area (Å²) in [5.41, 5.74) is 1.05.